The summed E-state index contributed by atoms with van der Waals surface area (Å²) < 4.78 is 286. The summed E-state index contributed by atoms with van der Waals surface area (Å²) in [5.41, 5.74) is -1.47. The number of amides is 1. The Morgan fingerprint density at radius 2 is 1.20 bits per heavy atom. The maximum atomic E-state index is 15.0. The quantitative estimate of drug-likeness (QED) is 0.0282. The molecule has 0 aliphatic carbocycles. The maximum absolute atomic E-state index is 15.0. The summed E-state index contributed by atoms with van der Waals surface area (Å²) in [6, 6.07) is 6.39. The van der Waals surface area contributed by atoms with Crippen molar-refractivity contribution in [2.24, 2.45) is 5.92 Å². The van der Waals surface area contributed by atoms with Crippen LogP contribution in [0.5, 0.6) is 5.75 Å². The predicted molar refractivity (Wildman–Crippen MR) is 212 cm³/mol. The molecule has 2 aromatic rings. The molecule has 1 amide bonds. The molecule has 0 bridgehead atoms. The molecule has 27 heteroatoms. The first-order valence-corrected chi connectivity index (χ1v) is 22.5. The van der Waals surface area contributed by atoms with E-state index in [1.165, 1.54) is 64.1 Å². The maximum Gasteiger partial charge on any atom is 0.460 e. The Labute approximate surface area is 383 Å². The minimum atomic E-state index is -8.72. The fourth-order valence-electron chi connectivity index (χ4n) is 6.66. The van der Waals surface area contributed by atoms with Gasteiger partial charge in [-0.05, 0) is 60.8 Å². The van der Waals surface area contributed by atoms with Crippen LogP contribution in [0.25, 0.3) is 0 Å². The van der Waals surface area contributed by atoms with E-state index in [2.05, 4.69) is 5.32 Å². The molecular weight excluding hydrogens is 1000 g/mol. The lowest BCUT2D eigenvalue weighted by Gasteiger charge is -2.44. The monoisotopic (exact) mass is 1050 g/mol. The number of benzene rings is 2. The molecule has 0 saturated heterocycles. The van der Waals surface area contributed by atoms with Crippen LogP contribution in [0.3, 0.4) is 0 Å². The van der Waals surface area contributed by atoms with E-state index in [4.69, 9.17) is 18.6 Å². The number of ether oxygens (including phenoxy) is 3. The molecule has 7 nitrogen and oxygen atoms in total. The molecule has 0 spiro atoms. The molecule has 0 heterocycles. The van der Waals surface area contributed by atoms with Gasteiger partial charge in [0.25, 0.3) is 0 Å². The molecule has 0 aromatic heterocycles. The van der Waals surface area contributed by atoms with E-state index in [0.717, 1.165) is 18.2 Å². The van der Waals surface area contributed by atoms with Crippen molar-refractivity contribution < 1.29 is 112 Å². The van der Waals surface area contributed by atoms with Crippen molar-refractivity contribution in [2.75, 3.05) is 25.1 Å². The molecule has 0 aliphatic rings. The molecule has 2 rings (SSSR count). The average molecular weight is 1050 g/mol. The zero-order valence-corrected chi connectivity index (χ0v) is 38.2. The largest absolute Gasteiger partial charge is 0.491 e. The van der Waals surface area contributed by atoms with E-state index in [-0.39, 0.29) is 17.9 Å². The normalized spacial score (nSPS) is 15.2. The molecule has 0 aliphatic heterocycles. The number of carbonyl (C=O) groups excluding carboxylic acids is 2. The zero-order chi connectivity index (χ0) is 53.6. The van der Waals surface area contributed by atoms with E-state index >= 15 is 8.78 Å². The summed E-state index contributed by atoms with van der Waals surface area (Å²) in [4.78, 5) is 24.7. The summed E-state index contributed by atoms with van der Waals surface area (Å²) in [6.45, 7) is 9.02. The highest BCUT2D eigenvalue weighted by atomic mass is 28.4. The smallest absolute Gasteiger partial charge is 0.460 e. The fraction of sp³-hybridized carbons (Fsp3) is 0.571. The van der Waals surface area contributed by atoms with Gasteiger partial charge in [0.05, 0.1) is 18.9 Å². The SMILES string of the molecule is CCOC(=O)/C=C/C=C(\C)[C@@H](C)[C@H](OC(=O)Nc1ccc(F)cc1F)c1ccc(OCCO[Si](CCC(F)(F)C(F)(F)C(F)(F)C(F)(F)C(F)(F)C(F)(F)C(F)(F)C(F)(F)F)(C(C)C)C(C)C)cc1. The number of esters is 1. The number of halogens is 19. The number of carbonyl (C=O) groups is 2. The molecule has 0 radical (unpaired) electrons. The van der Waals surface area contributed by atoms with E-state index < -0.39 is 134 Å². The Balaban J connectivity index is 2.35. The summed E-state index contributed by atoms with van der Waals surface area (Å²) >= 11 is 0. The van der Waals surface area contributed by atoms with Crippen molar-refractivity contribution in [3.8, 4) is 5.75 Å². The molecule has 69 heavy (non-hydrogen) atoms. The van der Waals surface area contributed by atoms with Crippen LogP contribution < -0.4 is 10.1 Å². The molecule has 0 unspecified atom stereocenters. The summed E-state index contributed by atoms with van der Waals surface area (Å²) in [5.74, 6) is -60.4. The van der Waals surface area contributed by atoms with Crippen LogP contribution in [0, 0.1) is 17.6 Å². The van der Waals surface area contributed by atoms with Crippen LogP contribution >= 0.6 is 0 Å². The first-order valence-electron chi connectivity index (χ1n) is 20.3. The van der Waals surface area contributed by atoms with Crippen LogP contribution in [0.1, 0.15) is 66.6 Å². The summed E-state index contributed by atoms with van der Waals surface area (Å²) in [5, 5.41) is 2.15. The Morgan fingerprint density at radius 1 is 0.696 bits per heavy atom. The van der Waals surface area contributed by atoms with Gasteiger partial charge in [-0.1, -0.05) is 64.5 Å². The number of hydrogen-bond acceptors (Lipinski definition) is 6. The lowest BCUT2D eigenvalue weighted by Crippen LogP contribution is -2.74. The molecule has 2 atom stereocenters. The first kappa shape index (κ1) is 60.4. The number of nitrogens with one attached hydrogen (secondary N) is 1. The van der Waals surface area contributed by atoms with Crippen LogP contribution in [-0.4, -0.2) is 87.8 Å². The van der Waals surface area contributed by atoms with Crippen molar-refractivity contribution in [3.63, 3.8) is 0 Å². The number of rotatable bonds is 24. The summed E-state index contributed by atoms with van der Waals surface area (Å²) in [7, 11) is -4.06. The van der Waals surface area contributed by atoms with Gasteiger partial charge in [0.15, 0.2) is 8.32 Å². The molecule has 0 saturated carbocycles. The zero-order valence-electron chi connectivity index (χ0n) is 37.2. The summed E-state index contributed by atoms with van der Waals surface area (Å²) in [6.07, 6.45) is -8.80. The average Bonchev–Trinajstić information content (AvgIpc) is 3.22. The topological polar surface area (TPSA) is 83.1 Å². The Morgan fingerprint density at radius 3 is 1.68 bits per heavy atom. The highest BCUT2D eigenvalue weighted by Gasteiger charge is 2.95. The van der Waals surface area contributed by atoms with Crippen molar-refractivity contribution in [2.45, 2.75) is 126 Å². The molecule has 392 valence electrons. The molecule has 1 N–H and O–H groups in total. The standard InChI is InChI=1S/C42H46F19NO6Si/c1-8-65-32(63)11-9-10-25(6)26(7)33(68-34(64)62-31-17-14-28(43)22-30(31)44)27-12-15-29(16-13-27)66-19-20-67-69(23(2)3,24(4)5)21-18-35(45,46)36(47,48)37(49,50)38(51,52)39(53,54)40(55,56)41(57,58)42(59,60)61/h9-17,22-24,26,33H,8,18-21H2,1-7H3,(H,62,64)/b11-9+,25-10+/t26-,33+/m1/s1. The van der Waals surface area contributed by atoms with Gasteiger partial charge in [-0.2, -0.15) is 74.6 Å². The predicted octanol–water partition coefficient (Wildman–Crippen LogP) is 14.5. The third-order valence-corrected chi connectivity index (χ3v) is 16.6. The third kappa shape index (κ3) is 12.6. The minimum absolute atomic E-state index is 0.0438. The van der Waals surface area contributed by atoms with Crippen LogP contribution in [0.2, 0.25) is 17.1 Å². The van der Waals surface area contributed by atoms with Crippen LogP contribution in [-0.2, 0) is 18.7 Å². The Bertz CT molecular complexity index is 2100. The van der Waals surface area contributed by atoms with Gasteiger partial charge in [-0.3, -0.25) is 5.32 Å². The van der Waals surface area contributed by atoms with Crippen molar-refractivity contribution >= 4 is 26.1 Å². The van der Waals surface area contributed by atoms with Gasteiger partial charge >= 0.3 is 59.7 Å². The van der Waals surface area contributed by atoms with Gasteiger partial charge in [0.1, 0.15) is 30.1 Å². The second-order valence-corrected chi connectivity index (χ2v) is 21.1. The van der Waals surface area contributed by atoms with Gasteiger partial charge < -0.3 is 18.6 Å². The second kappa shape index (κ2) is 22.2. The molecule has 0 fully saturated rings. The second-order valence-electron chi connectivity index (χ2n) is 16.1. The third-order valence-electron chi connectivity index (χ3n) is 11.0. The van der Waals surface area contributed by atoms with Gasteiger partial charge in [-0.15, -0.1) is 0 Å². The molecule has 2 aromatic carbocycles. The lowest BCUT2D eigenvalue weighted by molar-refractivity contribution is -0.461. The van der Waals surface area contributed by atoms with Crippen molar-refractivity contribution in [1.82, 2.24) is 0 Å². The van der Waals surface area contributed by atoms with Crippen LogP contribution in [0.15, 0.2) is 66.3 Å². The Hall–Kier alpha value is -4.69. The first-order chi connectivity index (χ1) is 31.2. The van der Waals surface area contributed by atoms with E-state index in [1.807, 2.05) is 0 Å². The minimum Gasteiger partial charge on any atom is -0.491 e. The number of allylic oxidation sites excluding steroid dienone is 2. The number of alkyl halides is 17. The lowest BCUT2D eigenvalue weighted by atomic mass is 9.88. The van der Waals surface area contributed by atoms with Gasteiger partial charge in [0, 0.05) is 24.5 Å². The Kier molecular flexibility index (Phi) is 19.4. The van der Waals surface area contributed by atoms with Gasteiger partial charge in [-0.25, -0.2) is 18.4 Å². The van der Waals surface area contributed by atoms with Crippen LogP contribution in [0.4, 0.5) is 93.9 Å². The van der Waals surface area contributed by atoms with E-state index in [0.29, 0.717) is 11.6 Å². The van der Waals surface area contributed by atoms with E-state index in [9.17, 15) is 84.2 Å². The number of anilines is 1. The van der Waals surface area contributed by atoms with Gasteiger partial charge in [0.2, 0.25) is 0 Å². The van der Waals surface area contributed by atoms with Crippen molar-refractivity contribution in [3.05, 3.63) is 83.5 Å². The molecular formula is C42H46F19NO6Si. The highest BCUT2D eigenvalue weighted by molar-refractivity contribution is 6.76. The van der Waals surface area contributed by atoms with E-state index in [1.54, 1.807) is 20.8 Å². The van der Waals surface area contributed by atoms with Crippen molar-refractivity contribution in [1.29, 1.82) is 0 Å². The number of hydrogen-bond donors (Lipinski definition) is 1. The highest BCUT2D eigenvalue weighted by Crippen LogP contribution is 2.64. The fourth-order valence-corrected chi connectivity index (χ4v) is 11.1.